The molecule has 1 aliphatic carbocycles. The molecule has 1 fully saturated rings. The smallest absolute Gasteiger partial charge is 0.319 e. The van der Waals surface area contributed by atoms with Crippen molar-refractivity contribution in [2.24, 2.45) is 0 Å². The van der Waals surface area contributed by atoms with E-state index in [1.54, 1.807) is 23.7 Å². The highest BCUT2D eigenvalue weighted by Crippen LogP contribution is 2.37. The summed E-state index contributed by atoms with van der Waals surface area (Å²) in [6.07, 6.45) is 5.66. The van der Waals surface area contributed by atoms with E-state index in [0.717, 1.165) is 16.5 Å². The fraction of sp³-hybridized carbons (Fsp3) is 0.467. The Balaban J connectivity index is 1.47. The lowest BCUT2D eigenvalue weighted by Crippen LogP contribution is -2.31. The van der Waals surface area contributed by atoms with E-state index in [-0.39, 0.29) is 11.9 Å². The molecule has 0 radical (unpaired) electrons. The highest BCUT2D eigenvalue weighted by Gasteiger charge is 2.26. The second kappa shape index (κ2) is 6.39. The van der Waals surface area contributed by atoms with Crippen LogP contribution in [0.15, 0.2) is 17.8 Å². The van der Waals surface area contributed by atoms with Gasteiger partial charge in [0.05, 0.1) is 23.1 Å². The highest BCUT2D eigenvalue weighted by atomic mass is 32.1. The number of amides is 2. The van der Waals surface area contributed by atoms with E-state index in [4.69, 9.17) is 0 Å². The SMILES string of the molecule is Cc1csc(C(C)CNC(=O)Nc2cnc(C3CC3)nc2)n1. The summed E-state index contributed by atoms with van der Waals surface area (Å²) in [5, 5.41) is 8.65. The fourth-order valence-electron chi connectivity index (χ4n) is 2.06. The number of hydrogen-bond donors (Lipinski definition) is 2. The van der Waals surface area contributed by atoms with E-state index in [2.05, 4.69) is 25.6 Å². The summed E-state index contributed by atoms with van der Waals surface area (Å²) in [5.41, 5.74) is 1.63. The first kappa shape index (κ1) is 14.9. The molecule has 1 atom stereocenters. The Morgan fingerprint density at radius 3 is 2.73 bits per heavy atom. The van der Waals surface area contributed by atoms with Gasteiger partial charge in [-0.15, -0.1) is 11.3 Å². The molecule has 1 saturated carbocycles. The Hall–Kier alpha value is -2.02. The summed E-state index contributed by atoms with van der Waals surface area (Å²) in [7, 11) is 0. The normalized spacial score (nSPS) is 15.4. The zero-order valence-electron chi connectivity index (χ0n) is 12.7. The summed E-state index contributed by atoms with van der Waals surface area (Å²) in [4.78, 5) is 24.9. The van der Waals surface area contributed by atoms with E-state index in [1.807, 2.05) is 19.2 Å². The monoisotopic (exact) mass is 317 g/mol. The van der Waals surface area contributed by atoms with Crippen LogP contribution in [0.2, 0.25) is 0 Å². The predicted octanol–water partition coefficient (Wildman–Crippen LogP) is 3.04. The number of thiazole rings is 1. The van der Waals surface area contributed by atoms with Gasteiger partial charge in [0.25, 0.3) is 0 Å². The van der Waals surface area contributed by atoms with Gasteiger partial charge in [-0.1, -0.05) is 6.92 Å². The average molecular weight is 317 g/mol. The number of nitrogens with one attached hydrogen (secondary N) is 2. The predicted molar refractivity (Wildman–Crippen MR) is 86.3 cm³/mol. The molecule has 116 valence electrons. The molecule has 0 saturated heterocycles. The van der Waals surface area contributed by atoms with Gasteiger partial charge < -0.3 is 10.6 Å². The van der Waals surface area contributed by atoms with Crippen LogP contribution >= 0.6 is 11.3 Å². The quantitative estimate of drug-likeness (QED) is 0.888. The van der Waals surface area contributed by atoms with Crippen molar-refractivity contribution in [2.75, 3.05) is 11.9 Å². The van der Waals surface area contributed by atoms with Gasteiger partial charge >= 0.3 is 6.03 Å². The van der Waals surface area contributed by atoms with E-state index in [0.29, 0.717) is 18.2 Å². The maximum atomic E-state index is 11.9. The van der Waals surface area contributed by atoms with Crippen LogP contribution in [0.4, 0.5) is 10.5 Å². The first-order chi connectivity index (χ1) is 10.6. The third kappa shape index (κ3) is 3.79. The second-order valence-electron chi connectivity index (χ2n) is 5.67. The lowest BCUT2D eigenvalue weighted by Gasteiger charge is -2.11. The minimum absolute atomic E-state index is 0.193. The van der Waals surface area contributed by atoms with Gasteiger partial charge in [0.15, 0.2) is 0 Å². The molecule has 0 aromatic carbocycles. The van der Waals surface area contributed by atoms with Crippen LogP contribution < -0.4 is 10.6 Å². The molecule has 2 aromatic rings. The minimum Gasteiger partial charge on any atom is -0.337 e. The number of hydrogen-bond acceptors (Lipinski definition) is 5. The Bertz CT molecular complexity index is 650. The van der Waals surface area contributed by atoms with Crippen molar-refractivity contribution in [3.63, 3.8) is 0 Å². The van der Waals surface area contributed by atoms with Crippen molar-refractivity contribution in [3.8, 4) is 0 Å². The number of carbonyl (C=O) groups excluding carboxylic acids is 1. The Labute approximate surface area is 133 Å². The minimum atomic E-state index is -0.247. The van der Waals surface area contributed by atoms with Crippen LogP contribution in [0.25, 0.3) is 0 Å². The third-order valence-electron chi connectivity index (χ3n) is 3.50. The Morgan fingerprint density at radius 2 is 2.14 bits per heavy atom. The molecule has 22 heavy (non-hydrogen) atoms. The van der Waals surface area contributed by atoms with Gasteiger partial charge in [0.1, 0.15) is 5.82 Å². The van der Waals surface area contributed by atoms with Crippen molar-refractivity contribution in [1.29, 1.82) is 0 Å². The number of urea groups is 1. The first-order valence-corrected chi connectivity index (χ1v) is 8.28. The van der Waals surface area contributed by atoms with Crippen molar-refractivity contribution in [3.05, 3.63) is 34.3 Å². The molecule has 3 rings (SSSR count). The third-order valence-corrected chi connectivity index (χ3v) is 4.69. The van der Waals surface area contributed by atoms with Crippen molar-refractivity contribution in [1.82, 2.24) is 20.3 Å². The summed E-state index contributed by atoms with van der Waals surface area (Å²) in [5.74, 6) is 1.59. The molecule has 6 nitrogen and oxygen atoms in total. The number of carbonyl (C=O) groups is 1. The average Bonchev–Trinajstić information content (AvgIpc) is 3.27. The van der Waals surface area contributed by atoms with E-state index in [1.165, 1.54) is 12.8 Å². The van der Waals surface area contributed by atoms with Gasteiger partial charge in [0.2, 0.25) is 0 Å². The molecule has 7 heteroatoms. The zero-order valence-corrected chi connectivity index (χ0v) is 13.5. The van der Waals surface area contributed by atoms with Crippen LogP contribution in [0.1, 0.15) is 48.1 Å². The molecule has 2 amide bonds. The molecular weight excluding hydrogens is 298 g/mol. The molecule has 1 unspecified atom stereocenters. The maximum absolute atomic E-state index is 11.9. The van der Waals surface area contributed by atoms with E-state index in [9.17, 15) is 4.79 Å². The first-order valence-electron chi connectivity index (χ1n) is 7.40. The summed E-state index contributed by atoms with van der Waals surface area (Å²) < 4.78 is 0. The molecule has 0 aliphatic heterocycles. The van der Waals surface area contributed by atoms with Gasteiger partial charge in [-0.2, -0.15) is 0 Å². The fourth-order valence-corrected chi connectivity index (χ4v) is 2.92. The van der Waals surface area contributed by atoms with Crippen molar-refractivity contribution < 1.29 is 4.79 Å². The molecule has 1 aliphatic rings. The highest BCUT2D eigenvalue weighted by molar-refractivity contribution is 7.09. The molecule has 0 spiro atoms. The Kier molecular flexibility index (Phi) is 4.33. The second-order valence-corrected chi connectivity index (χ2v) is 6.56. The molecule has 2 aromatic heterocycles. The van der Waals surface area contributed by atoms with Gasteiger partial charge in [0, 0.05) is 29.5 Å². The maximum Gasteiger partial charge on any atom is 0.319 e. The van der Waals surface area contributed by atoms with E-state index < -0.39 is 0 Å². The van der Waals surface area contributed by atoms with Gasteiger partial charge in [-0.05, 0) is 19.8 Å². The van der Waals surface area contributed by atoms with Crippen LogP contribution in [0, 0.1) is 6.92 Å². The number of anilines is 1. The summed E-state index contributed by atoms with van der Waals surface area (Å²) in [6, 6.07) is -0.247. The number of aryl methyl sites for hydroxylation is 1. The molecular formula is C15H19N5OS. The lowest BCUT2D eigenvalue weighted by atomic mass is 10.2. The van der Waals surface area contributed by atoms with Crippen LogP contribution in [0.5, 0.6) is 0 Å². The van der Waals surface area contributed by atoms with Gasteiger partial charge in [-0.3, -0.25) is 0 Å². The standard InChI is InChI=1S/C15H19N5OS/c1-9(14-19-10(2)8-22-14)5-18-15(21)20-12-6-16-13(17-7-12)11-3-4-11/h6-9,11H,3-5H2,1-2H3,(H2,18,20,21). The molecule has 2 N–H and O–H groups in total. The van der Waals surface area contributed by atoms with Crippen molar-refractivity contribution >= 4 is 23.1 Å². The van der Waals surface area contributed by atoms with Crippen molar-refractivity contribution in [2.45, 2.75) is 38.5 Å². The van der Waals surface area contributed by atoms with Crippen LogP contribution in [0.3, 0.4) is 0 Å². The molecule has 0 bridgehead atoms. The van der Waals surface area contributed by atoms with E-state index >= 15 is 0 Å². The van der Waals surface area contributed by atoms with Crippen LogP contribution in [-0.4, -0.2) is 27.5 Å². The summed E-state index contributed by atoms with van der Waals surface area (Å²) in [6.45, 7) is 4.56. The number of aromatic nitrogens is 3. The van der Waals surface area contributed by atoms with Crippen LogP contribution in [-0.2, 0) is 0 Å². The molecule has 2 heterocycles. The largest absolute Gasteiger partial charge is 0.337 e. The summed E-state index contributed by atoms with van der Waals surface area (Å²) >= 11 is 1.62. The topological polar surface area (TPSA) is 79.8 Å². The zero-order chi connectivity index (χ0) is 15.5. The lowest BCUT2D eigenvalue weighted by molar-refractivity contribution is 0.251. The number of rotatable bonds is 5. The van der Waals surface area contributed by atoms with Gasteiger partial charge in [-0.25, -0.2) is 19.7 Å². The number of nitrogens with zero attached hydrogens (tertiary/aromatic N) is 3. The Morgan fingerprint density at radius 1 is 1.41 bits per heavy atom.